The van der Waals surface area contributed by atoms with Crippen molar-refractivity contribution in [2.75, 3.05) is 5.32 Å². The third-order valence-corrected chi connectivity index (χ3v) is 3.88. The van der Waals surface area contributed by atoms with Crippen LogP contribution in [0.15, 0.2) is 22.1 Å². The molecule has 0 aliphatic carbocycles. The summed E-state index contributed by atoms with van der Waals surface area (Å²) in [5, 5.41) is 11.9. The summed E-state index contributed by atoms with van der Waals surface area (Å²) >= 11 is 5.01. The topological polar surface area (TPSA) is 75.1 Å². The highest BCUT2D eigenvalue weighted by Gasteiger charge is 2.09. The second-order valence-corrected chi connectivity index (χ2v) is 6.10. The lowest BCUT2D eigenvalue weighted by atomic mass is 10.2. The van der Waals surface area contributed by atoms with Gasteiger partial charge >= 0.3 is 5.97 Å². The van der Waals surface area contributed by atoms with Crippen molar-refractivity contribution in [1.29, 1.82) is 0 Å². The lowest BCUT2D eigenvalue weighted by Crippen LogP contribution is -2.08. The Morgan fingerprint density at radius 3 is 2.89 bits per heavy atom. The van der Waals surface area contributed by atoms with E-state index in [2.05, 4.69) is 31.2 Å². The number of rotatable bonds is 4. The van der Waals surface area contributed by atoms with Crippen LogP contribution in [0.1, 0.15) is 20.9 Å². The van der Waals surface area contributed by atoms with E-state index in [4.69, 9.17) is 5.11 Å². The maximum atomic E-state index is 10.8. The van der Waals surface area contributed by atoms with Gasteiger partial charge in [0, 0.05) is 11.1 Å². The van der Waals surface area contributed by atoms with Crippen molar-refractivity contribution in [1.82, 2.24) is 9.97 Å². The van der Waals surface area contributed by atoms with Gasteiger partial charge in [0.05, 0.1) is 21.6 Å². The Kier molecular flexibility index (Phi) is 3.93. The van der Waals surface area contributed by atoms with Gasteiger partial charge in [-0.25, -0.2) is 14.8 Å². The molecule has 2 rings (SSSR count). The molecule has 0 aliphatic rings. The Bertz CT molecular complexity index is 585. The van der Waals surface area contributed by atoms with Gasteiger partial charge in [-0.3, -0.25) is 0 Å². The Balaban J connectivity index is 2.06. The maximum Gasteiger partial charge on any atom is 0.339 e. The number of aromatic carboxylic acids is 1. The van der Waals surface area contributed by atoms with Crippen molar-refractivity contribution in [3.8, 4) is 0 Å². The van der Waals surface area contributed by atoms with Gasteiger partial charge in [0.2, 0.25) is 5.95 Å². The van der Waals surface area contributed by atoms with E-state index < -0.39 is 5.97 Å². The van der Waals surface area contributed by atoms with Crippen LogP contribution in [-0.2, 0) is 6.54 Å². The van der Waals surface area contributed by atoms with Crippen LogP contribution in [-0.4, -0.2) is 21.0 Å². The fraction of sp³-hybridized carbons (Fsp3) is 0.182. The van der Waals surface area contributed by atoms with E-state index in [0.29, 0.717) is 18.2 Å². The van der Waals surface area contributed by atoms with Gasteiger partial charge in [0.15, 0.2) is 0 Å². The molecule has 0 unspecified atom stereocenters. The average molecular weight is 328 g/mol. The van der Waals surface area contributed by atoms with E-state index in [9.17, 15) is 4.79 Å². The average Bonchev–Trinajstić information content (AvgIpc) is 2.72. The molecule has 18 heavy (non-hydrogen) atoms. The Labute approximate surface area is 116 Å². The molecule has 94 valence electrons. The minimum absolute atomic E-state index is 0.124. The summed E-state index contributed by atoms with van der Waals surface area (Å²) in [7, 11) is 0. The zero-order valence-corrected chi connectivity index (χ0v) is 11.9. The van der Waals surface area contributed by atoms with Crippen LogP contribution < -0.4 is 5.32 Å². The molecule has 0 amide bonds. The molecule has 2 N–H and O–H groups in total. The van der Waals surface area contributed by atoms with Crippen LogP contribution in [0.4, 0.5) is 5.95 Å². The largest absolute Gasteiger partial charge is 0.478 e. The first-order chi connectivity index (χ1) is 8.56. The Morgan fingerprint density at radius 2 is 2.33 bits per heavy atom. The van der Waals surface area contributed by atoms with Crippen molar-refractivity contribution in [2.45, 2.75) is 13.5 Å². The number of halogens is 1. The van der Waals surface area contributed by atoms with E-state index in [-0.39, 0.29) is 5.56 Å². The van der Waals surface area contributed by atoms with E-state index in [1.54, 1.807) is 18.3 Å². The predicted octanol–water partition coefficient (Wildman–Crippen LogP) is 2.92. The molecular weight excluding hydrogens is 318 g/mol. The molecule has 0 radical (unpaired) electrons. The second kappa shape index (κ2) is 5.45. The van der Waals surface area contributed by atoms with Crippen LogP contribution in [0, 0.1) is 6.92 Å². The molecule has 0 atom stereocenters. The smallest absolute Gasteiger partial charge is 0.339 e. The summed E-state index contributed by atoms with van der Waals surface area (Å²) < 4.78 is 1.07. The third kappa shape index (κ3) is 3.05. The zero-order chi connectivity index (χ0) is 13.1. The number of nitrogens with zero attached hydrogens (tertiary/aromatic N) is 2. The second-order valence-electron chi connectivity index (χ2n) is 3.56. The highest BCUT2D eigenvalue weighted by atomic mass is 79.9. The maximum absolute atomic E-state index is 10.8. The van der Waals surface area contributed by atoms with Crippen LogP contribution in [0.5, 0.6) is 0 Å². The van der Waals surface area contributed by atoms with Gasteiger partial charge in [-0.15, -0.1) is 11.3 Å². The van der Waals surface area contributed by atoms with Gasteiger partial charge in [0.25, 0.3) is 0 Å². The highest BCUT2D eigenvalue weighted by molar-refractivity contribution is 9.11. The molecule has 0 spiro atoms. The minimum atomic E-state index is -1.01. The molecule has 0 saturated carbocycles. The summed E-state index contributed by atoms with van der Waals surface area (Å²) in [6.07, 6.45) is 1.32. The number of carboxylic acid groups (broad SMARTS) is 1. The van der Waals surface area contributed by atoms with Gasteiger partial charge in [0.1, 0.15) is 0 Å². The quantitative estimate of drug-likeness (QED) is 0.903. The van der Waals surface area contributed by atoms with Crippen molar-refractivity contribution < 1.29 is 9.90 Å². The van der Waals surface area contributed by atoms with Crippen LogP contribution in [0.25, 0.3) is 0 Å². The Morgan fingerprint density at radius 1 is 1.56 bits per heavy atom. The van der Waals surface area contributed by atoms with Gasteiger partial charge < -0.3 is 10.4 Å². The Hall–Kier alpha value is -1.47. The van der Waals surface area contributed by atoms with Crippen molar-refractivity contribution >= 4 is 39.2 Å². The number of anilines is 1. The van der Waals surface area contributed by atoms with E-state index in [1.165, 1.54) is 6.20 Å². The molecule has 0 aromatic carbocycles. The fourth-order valence-corrected chi connectivity index (χ4v) is 2.80. The molecule has 7 heteroatoms. The number of carboxylic acids is 1. The summed E-state index contributed by atoms with van der Waals surface area (Å²) in [5.74, 6) is -0.580. The molecular formula is C11H10BrN3O2S. The van der Waals surface area contributed by atoms with Crippen molar-refractivity contribution in [2.24, 2.45) is 0 Å². The van der Waals surface area contributed by atoms with Gasteiger partial charge in [-0.2, -0.15) is 0 Å². The van der Waals surface area contributed by atoms with Gasteiger partial charge in [-0.1, -0.05) is 0 Å². The molecule has 0 saturated heterocycles. The lowest BCUT2D eigenvalue weighted by molar-refractivity contribution is 0.0695. The first kappa shape index (κ1) is 13.0. The number of carbonyl (C=O) groups is 1. The monoisotopic (exact) mass is 327 g/mol. The van der Waals surface area contributed by atoms with Gasteiger partial charge in [-0.05, 0) is 35.0 Å². The predicted molar refractivity (Wildman–Crippen MR) is 73.1 cm³/mol. The summed E-state index contributed by atoms with van der Waals surface area (Å²) in [6.45, 7) is 2.26. The van der Waals surface area contributed by atoms with E-state index in [1.807, 2.05) is 12.1 Å². The molecule has 5 nitrogen and oxygen atoms in total. The number of aryl methyl sites for hydroxylation is 1. The highest BCUT2D eigenvalue weighted by Crippen LogP contribution is 2.22. The molecule has 2 aromatic rings. The molecule has 0 bridgehead atoms. The fourth-order valence-electron chi connectivity index (χ4n) is 1.38. The molecule has 2 heterocycles. The third-order valence-electron chi connectivity index (χ3n) is 2.26. The van der Waals surface area contributed by atoms with Crippen molar-refractivity contribution in [3.63, 3.8) is 0 Å². The number of nitrogens with one attached hydrogen (secondary N) is 1. The summed E-state index contributed by atoms with van der Waals surface area (Å²) in [5.41, 5.74) is 0.576. The molecule has 2 aromatic heterocycles. The number of hydrogen-bond acceptors (Lipinski definition) is 5. The molecule has 0 aliphatic heterocycles. The first-order valence-corrected chi connectivity index (χ1v) is 6.72. The minimum Gasteiger partial charge on any atom is -0.478 e. The van der Waals surface area contributed by atoms with Crippen LogP contribution in [0.3, 0.4) is 0 Å². The number of aromatic nitrogens is 2. The van der Waals surface area contributed by atoms with Crippen LogP contribution >= 0.6 is 27.3 Å². The number of thiophene rings is 1. The number of hydrogen-bond donors (Lipinski definition) is 2. The zero-order valence-electron chi connectivity index (χ0n) is 9.48. The van der Waals surface area contributed by atoms with E-state index in [0.717, 1.165) is 8.66 Å². The van der Waals surface area contributed by atoms with Crippen molar-refractivity contribution in [3.05, 3.63) is 38.3 Å². The molecule has 0 fully saturated rings. The standard InChI is InChI=1S/C11H10BrN3O2S/c1-6-8(10(16)17)5-14-11(15-6)13-4-7-2-3-9(12)18-7/h2-3,5H,4H2,1H3,(H,16,17)(H,13,14,15). The lowest BCUT2D eigenvalue weighted by Gasteiger charge is -2.05. The summed E-state index contributed by atoms with van der Waals surface area (Å²) in [6, 6.07) is 3.97. The first-order valence-electron chi connectivity index (χ1n) is 5.11. The SMILES string of the molecule is Cc1nc(NCc2ccc(Br)s2)ncc1C(=O)O. The van der Waals surface area contributed by atoms with Crippen LogP contribution in [0.2, 0.25) is 0 Å². The summed E-state index contributed by atoms with van der Waals surface area (Å²) in [4.78, 5) is 20.0. The van der Waals surface area contributed by atoms with E-state index >= 15 is 0 Å². The normalized spacial score (nSPS) is 10.3.